The molecule has 19 heavy (non-hydrogen) atoms. The van der Waals surface area contributed by atoms with Gasteiger partial charge in [0.05, 0.1) is 16.1 Å². The molecule has 0 bridgehead atoms. The molecule has 1 aliphatic heterocycles. The highest BCUT2D eigenvalue weighted by molar-refractivity contribution is 6.42. The Morgan fingerprint density at radius 1 is 1.37 bits per heavy atom. The number of nitrogens with one attached hydrogen (secondary N) is 1. The van der Waals surface area contributed by atoms with Crippen molar-refractivity contribution in [3.8, 4) is 0 Å². The summed E-state index contributed by atoms with van der Waals surface area (Å²) >= 11 is 12.0. The maximum Gasteiger partial charge on any atom is 0.0595 e. The van der Waals surface area contributed by atoms with E-state index in [1.54, 1.807) is 0 Å². The lowest BCUT2D eigenvalue weighted by atomic mass is 9.89. The predicted molar refractivity (Wildman–Crippen MR) is 81.2 cm³/mol. The SMILES string of the molecule is CCNC(Cc1ccc(Cl)c(Cl)c1)C1CCOC1C. The number of likely N-dealkylation sites (N-methyl/N-ethyl adjacent to an activating group) is 1. The number of benzene rings is 1. The van der Waals surface area contributed by atoms with E-state index in [2.05, 4.69) is 25.2 Å². The van der Waals surface area contributed by atoms with E-state index in [0.29, 0.717) is 28.1 Å². The second kappa shape index (κ2) is 6.94. The molecule has 0 spiro atoms. The van der Waals surface area contributed by atoms with Crippen molar-refractivity contribution in [2.75, 3.05) is 13.2 Å². The second-order valence-corrected chi connectivity index (χ2v) is 5.96. The number of ether oxygens (including phenoxy) is 1. The third kappa shape index (κ3) is 3.85. The van der Waals surface area contributed by atoms with Crippen molar-refractivity contribution in [1.29, 1.82) is 0 Å². The van der Waals surface area contributed by atoms with Gasteiger partial charge in [-0.2, -0.15) is 0 Å². The van der Waals surface area contributed by atoms with Crippen LogP contribution in [-0.4, -0.2) is 25.3 Å². The lowest BCUT2D eigenvalue weighted by Crippen LogP contribution is -2.40. The summed E-state index contributed by atoms with van der Waals surface area (Å²) < 4.78 is 5.69. The zero-order chi connectivity index (χ0) is 13.8. The first kappa shape index (κ1) is 15.1. The van der Waals surface area contributed by atoms with Crippen LogP contribution < -0.4 is 5.32 Å². The van der Waals surface area contributed by atoms with Crippen molar-refractivity contribution >= 4 is 23.2 Å². The van der Waals surface area contributed by atoms with Crippen molar-refractivity contribution in [2.24, 2.45) is 5.92 Å². The molecule has 1 aromatic carbocycles. The molecule has 1 fully saturated rings. The van der Waals surface area contributed by atoms with Crippen LogP contribution in [0.5, 0.6) is 0 Å². The average Bonchev–Trinajstić information content (AvgIpc) is 2.79. The fraction of sp³-hybridized carbons (Fsp3) is 0.600. The van der Waals surface area contributed by atoms with Gasteiger partial charge in [0.25, 0.3) is 0 Å². The minimum atomic E-state index is 0.326. The standard InChI is InChI=1S/C15H21Cl2NO/c1-3-18-15(12-6-7-19-10(12)2)9-11-4-5-13(16)14(17)8-11/h4-5,8,10,12,15,18H,3,6-7,9H2,1-2H3. The molecular weight excluding hydrogens is 281 g/mol. The molecule has 3 unspecified atom stereocenters. The van der Waals surface area contributed by atoms with Crippen LogP contribution in [0, 0.1) is 5.92 Å². The maximum atomic E-state index is 6.09. The Balaban J connectivity index is 2.09. The second-order valence-electron chi connectivity index (χ2n) is 5.15. The van der Waals surface area contributed by atoms with Crippen LogP contribution >= 0.6 is 23.2 Å². The Labute approximate surface area is 125 Å². The van der Waals surface area contributed by atoms with Crippen molar-refractivity contribution in [3.63, 3.8) is 0 Å². The van der Waals surface area contributed by atoms with Gasteiger partial charge in [-0.1, -0.05) is 36.2 Å². The quantitative estimate of drug-likeness (QED) is 0.889. The summed E-state index contributed by atoms with van der Waals surface area (Å²) in [6.45, 7) is 6.14. The first-order valence-corrected chi connectivity index (χ1v) is 7.66. The van der Waals surface area contributed by atoms with E-state index in [1.165, 1.54) is 5.56 Å². The monoisotopic (exact) mass is 301 g/mol. The molecule has 0 aliphatic carbocycles. The van der Waals surface area contributed by atoms with Gasteiger partial charge in [0, 0.05) is 18.6 Å². The topological polar surface area (TPSA) is 21.3 Å². The smallest absolute Gasteiger partial charge is 0.0595 e. The van der Waals surface area contributed by atoms with Gasteiger partial charge < -0.3 is 10.1 Å². The summed E-state index contributed by atoms with van der Waals surface area (Å²) in [4.78, 5) is 0. The van der Waals surface area contributed by atoms with E-state index in [-0.39, 0.29) is 0 Å². The van der Waals surface area contributed by atoms with Gasteiger partial charge in [-0.15, -0.1) is 0 Å². The molecule has 1 aromatic rings. The van der Waals surface area contributed by atoms with Gasteiger partial charge >= 0.3 is 0 Å². The molecule has 1 N–H and O–H groups in total. The molecular formula is C15H21Cl2NO. The molecule has 1 aliphatic rings. The Morgan fingerprint density at radius 2 is 2.16 bits per heavy atom. The first-order chi connectivity index (χ1) is 9.11. The van der Waals surface area contributed by atoms with Gasteiger partial charge in [-0.3, -0.25) is 0 Å². The molecule has 3 atom stereocenters. The van der Waals surface area contributed by atoms with E-state index in [4.69, 9.17) is 27.9 Å². The summed E-state index contributed by atoms with van der Waals surface area (Å²) in [5, 5.41) is 4.83. The number of halogens is 2. The Hall–Kier alpha value is -0.280. The molecule has 1 heterocycles. The molecule has 2 rings (SSSR count). The van der Waals surface area contributed by atoms with Gasteiger partial charge in [0.1, 0.15) is 0 Å². The molecule has 106 valence electrons. The summed E-state index contributed by atoms with van der Waals surface area (Å²) in [5.74, 6) is 0.564. The fourth-order valence-corrected chi connectivity index (χ4v) is 3.15. The van der Waals surface area contributed by atoms with E-state index < -0.39 is 0 Å². The first-order valence-electron chi connectivity index (χ1n) is 6.90. The zero-order valence-electron chi connectivity index (χ0n) is 11.5. The predicted octanol–water partition coefficient (Wildman–Crippen LogP) is 3.94. The maximum absolute atomic E-state index is 6.09. The third-order valence-corrected chi connectivity index (χ3v) is 4.60. The lowest BCUT2D eigenvalue weighted by Gasteiger charge is -2.27. The van der Waals surface area contributed by atoms with Crippen LogP contribution in [0.4, 0.5) is 0 Å². The number of rotatable bonds is 5. The molecule has 0 aromatic heterocycles. The van der Waals surface area contributed by atoms with Crippen molar-refractivity contribution in [3.05, 3.63) is 33.8 Å². The van der Waals surface area contributed by atoms with Gasteiger partial charge in [0.15, 0.2) is 0 Å². The van der Waals surface area contributed by atoms with Gasteiger partial charge in [-0.05, 0) is 44.0 Å². The highest BCUT2D eigenvalue weighted by Gasteiger charge is 2.31. The molecule has 4 heteroatoms. The van der Waals surface area contributed by atoms with Crippen LogP contribution in [0.25, 0.3) is 0 Å². The zero-order valence-corrected chi connectivity index (χ0v) is 13.0. The molecule has 2 nitrogen and oxygen atoms in total. The van der Waals surface area contributed by atoms with Crippen LogP contribution in [0.1, 0.15) is 25.8 Å². The van der Waals surface area contributed by atoms with Crippen LogP contribution in [-0.2, 0) is 11.2 Å². The van der Waals surface area contributed by atoms with Crippen molar-refractivity contribution < 1.29 is 4.74 Å². The van der Waals surface area contributed by atoms with Crippen LogP contribution in [0.3, 0.4) is 0 Å². The highest BCUT2D eigenvalue weighted by atomic mass is 35.5. The molecule has 0 amide bonds. The Bertz CT molecular complexity index is 425. The van der Waals surface area contributed by atoms with Crippen molar-refractivity contribution in [2.45, 2.75) is 38.8 Å². The summed E-state index contributed by atoms with van der Waals surface area (Å²) in [6, 6.07) is 6.32. The van der Waals surface area contributed by atoms with Crippen LogP contribution in [0.15, 0.2) is 18.2 Å². The highest BCUT2D eigenvalue weighted by Crippen LogP contribution is 2.28. The van der Waals surface area contributed by atoms with E-state index in [0.717, 1.165) is 26.0 Å². The van der Waals surface area contributed by atoms with Crippen molar-refractivity contribution in [1.82, 2.24) is 5.32 Å². The summed E-state index contributed by atoms with van der Waals surface area (Å²) in [5.41, 5.74) is 1.22. The molecule has 1 saturated heterocycles. The molecule has 0 saturated carbocycles. The minimum absolute atomic E-state index is 0.326. The average molecular weight is 302 g/mol. The van der Waals surface area contributed by atoms with E-state index >= 15 is 0 Å². The normalized spacial score (nSPS) is 24.6. The minimum Gasteiger partial charge on any atom is -0.378 e. The summed E-state index contributed by atoms with van der Waals surface area (Å²) in [7, 11) is 0. The fourth-order valence-electron chi connectivity index (χ4n) is 2.83. The third-order valence-electron chi connectivity index (χ3n) is 3.86. The van der Waals surface area contributed by atoms with Crippen LogP contribution in [0.2, 0.25) is 10.0 Å². The van der Waals surface area contributed by atoms with E-state index in [9.17, 15) is 0 Å². The van der Waals surface area contributed by atoms with Gasteiger partial charge in [-0.25, -0.2) is 0 Å². The van der Waals surface area contributed by atoms with Gasteiger partial charge in [0.2, 0.25) is 0 Å². The molecule has 0 radical (unpaired) electrons. The summed E-state index contributed by atoms with van der Waals surface area (Å²) in [6.07, 6.45) is 2.41. The van der Waals surface area contributed by atoms with E-state index in [1.807, 2.05) is 12.1 Å². The number of hydrogen-bond acceptors (Lipinski definition) is 2. The number of hydrogen-bond donors (Lipinski definition) is 1. The Morgan fingerprint density at radius 3 is 2.74 bits per heavy atom. The lowest BCUT2D eigenvalue weighted by molar-refractivity contribution is 0.0956. The Kier molecular flexibility index (Phi) is 5.52. The largest absolute Gasteiger partial charge is 0.378 e.